The van der Waals surface area contributed by atoms with Gasteiger partial charge in [0.2, 0.25) is 0 Å². The van der Waals surface area contributed by atoms with Gasteiger partial charge >= 0.3 is 0 Å². The van der Waals surface area contributed by atoms with Crippen LogP contribution < -0.4 is 11.1 Å². The van der Waals surface area contributed by atoms with E-state index in [2.05, 4.69) is 22.1 Å². The molecule has 0 radical (unpaired) electrons. The monoisotopic (exact) mass is 337 g/mol. The third-order valence-corrected chi connectivity index (χ3v) is 4.84. The van der Waals surface area contributed by atoms with Crippen molar-refractivity contribution in [1.82, 2.24) is 29.7 Å². The summed E-state index contributed by atoms with van der Waals surface area (Å²) in [6.07, 6.45) is 7.83. The summed E-state index contributed by atoms with van der Waals surface area (Å²) in [4.78, 5) is 5.01. The zero-order valence-electron chi connectivity index (χ0n) is 14.7. The number of nitrogens with two attached hydrogens (primary N) is 1. The predicted octanol–water partition coefficient (Wildman–Crippen LogP) is 2.21. The van der Waals surface area contributed by atoms with Crippen molar-refractivity contribution in [2.24, 2.45) is 7.05 Å². The third-order valence-electron chi connectivity index (χ3n) is 4.84. The molecule has 25 heavy (non-hydrogen) atoms. The van der Waals surface area contributed by atoms with Gasteiger partial charge in [0.25, 0.3) is 0 Å². The Labute approximate surface area is 146 Å². The number of anilines is 1. The van der Waals surface area contributed by atoms with E-state index in [9.17, 15) is 0 Å². The minimum absolute atomic E-state index is 0.337. The molecule has 130 valence electrons. The van der Waals surface area contributed by atoms with Crippen LogP contribution >= 0.6 is 0 Å². The zero-order valence-corrected chi connectivity index (χ0v) is 14.7. The van der Waals surface area contributed by atoms with Gasteiger partial charge in [-0.25, -0.2) is 4.98 Å². The lowest BCUT2D eigenvalue weighted by molar-refractivity contribution is 0.454. The SMILES string of the molecule is C=C(C)c1c(C2CCCNC2)nc2c(-c3cnn(C)c3)cnn2c1N. The molecule has 1 aliphatic rings. The maximum absolute atomic E-state index is 6.48. The van der Waals surface area contributed by atoms with Gasteiger partial charge in [-0.2, -0.15) is 14.7 Å². The minimum atomic E-state index is 0.337. The zero-order chi connectivity index (χ0) is 17.6. The summed E-state index contributed by atoms with van der Waals surface area (Å²) < 4.78 is 3.49. The first-order valence-electron chi connectivity index (χ1n) is 8.59. The maximum atomic E-state index is 6.48. The van der Waals surface area contributed by atoms with E-state index in [0.29, 0.717) is 11.7 Å². The van der Waals surface area contributed by atoms with E-state index in [-0.39, 0.29) is 0 Å². The first-order chi connectivity index (χ1) is 12.1. The van der Waals surface area contributed by atoms with E-state index in [1.807, 2.05) is 26.4 Å². The topological polar surface area (TPSA) is 86.1 Å². The summed E-state index contributed by atoms with van der Waals surface area (Å²) in [5, 5.41) is 12.2. The molecule has 3 aromatic rings. The molecule has 1 fully saturated rings. The molecular formula is C18H23N7. The average Bonchev–Trinajstić information content (AvgIpc) is 3.21. The standard InChI is InChI=1S/C18H23N7/c1-11(2)15-16(12-5-4-6-20-7-12)23-18-14(9-22-25(18)17(15)19)13-8-21-24(3)10-13/h8-10,12,20H,1,4-7,19H2,2-3H3. The van der Waals surface area contributed by atoms with Gasteiger partial charge in [0.05, 0.1) is 18.1 Å². The summed E-state index contributed by atoms with van der Waals surface area (Å²) in [7, 11) is 1.90. The van der Waals surface area contributed by atoms with Crippen LogP contribution in [-0.4, -0.2) is 37.5 Å². The summed E-state index contributed by atoms with van der Waals surface area (Å²) in [5.41, 5.74) is 12.1. The molecule has 0 amide bonds. The molecule has 1 atom stereocenters. The Hall–Kier alpha value is -2.67. The fourth-order valence-corrected chi connectivity index (χ4v) is 3.61. The van der Waals surface area contributed by atoms with Crippen molar-refractivity contribution in [2.75, 3.05) is 18.8 Å². The molecule has 4 rings (SSSR count). The highest BCUT2D eigenvalue weighted by atomic mass is 15.3. The Balaban J connectivity index is 1.95. The van der Waals surface area contributed by atoms with Crippen LogP contribution in [0.2, 0.25) is 0 Å². The highest BCUT2D eigenvalue weighted by Gasteiger charge is 2.25. The van der Waals surface area contributed by atoms with Crippen LogP contribution in [0.25, 0.3) is 22.3 Å². The van der Waals surface area contributed by atoms with Crippen LogP contribution in [-0.2, 0) is 7.05 Å². The molecule has 1 unspecified atom stereocenters. The largest absolute Gasteiger partial charge is 0.383 e. The average molecular weight is 337 g/mol. The Bertz CT molecular complexity index is 944. The van der Waals surface area contributed by atoms with E-state index in [1.165, 1.54) is 0 Å². The van der Waals surface area contributed by atoms with Gasteiger partial charge in [-0.05, 0) is 31.9 Å². The number of nitrogens with zero attached hydrogens (tertiary/aromatic N) is 5. The van der Waals surface area contributed by atoms with Crippen molar-refractivity contribution in [3.63, 3.8) is 0 Å². The van der Waals surface area contributed by atoms with Crippen molar-refractivity contribution >= 4 is 17.0 Å². The van der Waals surface area contributed by atoms with Gasteiger partial charge in [-0.3, -0.25) is 4.68 Å². The second-order valence-electron chi connectivity index (χ2n) is 6.78. The molecule has 7 heteroatoms. The normalized spacial score (nSPS) is 17.9. The lowest BCUT2D eigenvalue weighted by Crippen LogP contribution is -2.30. The van der Waals surface area contributed by atoms with Gasteiger partial charge in [-0.1, -0.05) is 6.58 Å². The van der Waals surface area contributed by atoms with E-state index in [0.717, 1.165) is 59.5 Å². The van der Waals surface area contributed by atoms with Crippen molar-refractivity contribution in [1.29, 1.82) is 0 Å². The number of aromatic nitrogens is 5. The molecule has 0 bridgehead atoms. The minimum Gasteiger partial charge on any atom is -0.383 e. The molecule has 7 nitrogen and oxygen atoms in total. The van der Waals surface area contributed by atoms with Crippen LogP contribution in [0, 0.1) is 0 Å². The summed E-state index contributed by atoms with van der Waals surface area (Å²) >= 11 is 0. The number of piperidine rings is 1. The highest BCUT2D eigenvalue weighted by Crippen LogP contribution is 2.34. The van der Waals surface area contributed by atoms with Crippen molar-refractivity contribution in [3.8, 4) is 11.1 Å². The molecule has 1 saturated heterocycles. The number of nitrogens with one attached hydrogen (secondary N) is 1. The number of hydrogen-bond donors (Lipinski definition) is 2. The Morgan fingerprint density at radius 3 is 2.84 bits per heavy atom. The molecule has 3 aromatic heterocycles. The molecule has 0 aromatic carbocycles. The third kappa shape index (κ3) is 2.60. The number of rotatable bonds is 3. The number of nitrogen functional groups attached to an aromatic ring is 1. The lowest BCUT2D eigenvalue weighted by atomic mass is 9.91. The van der Waals surface area contributed by atoms with Crippen LogP contribution in [0.15, 0.2) is 25.2 Å². The number of fused-ring (bicyclic) bond motifs is 1. The quantitative estimate of drug-likeness (QED) is 0.765. The van der Waals surface area contributed by atoms with Crippen LogP contribution in [0.3, 0.4) is 0 Å². The molecule has 3 N–H and O–H groups in total. The van der Waals surface area contributed by atoms with Crippen molar-refractivity contribution < 1.29 is 0 Å². The molecule has 0 saturated carbocycles. The fraction of sp³-hybridized carbons (Fsp3) is 0.389. The summed E-state index contributed by atoms with van der Waals surface area (Å²) in [6, 6.07) is 0. The maximum Gasteiger partial charge on any atom is 0.165 e. The Morgan fingerprint density at radius 1 is 1.36 bits per heavy atom. The first-order valence-corrected chi connectivity index (χ1v) is 8.59. The lowest BCUT2D eigenvalue weighted by Gasteiger charge is -2.25. The van der Waals surface area contributed by atoms with Crippen LogP contribution in [0.4, 0.5) is 5.82 Å². The van der Waals surface area contributed by atoms with Crippen molar-refractivity contribution in [2.45, 2.75) is 25.7 Å². The van der Waals surface area contributed by atoms with Gasteiger partial charge in [-0.15, -0.1) is 0 Å². The Morgan fingerprint density at radius 2 is 2.20 bits per heavy atom. The smallest absolute Gasteiger partial charge is 0.165 e. The van der Waals surface area contributed by atoms with Gasteiger partial charge in [0.15, 0.2) is 5.65 Å². The molecule has 4 heterocycles. The molecule has 1 aliphatic heterocycles. The van der Waals surface area contributed by atoms with E-state index in [4.69, 9.17) is 10.7 Å². The molecule has 0 spiro atoms. The van der Waals surface area contributed by atoms with Crippen molar-refractivity contribution in [3.05, 3.63) is 36.4 Å². The second kappa shape index (κ2) is 6.00. The van der Waals surface area contributed by atoms with Crippen LogP contribution in [0.1, 0.15) is 36.9 Å². The van der Waals surface area contributed by atoms with E-state index in [1.54, 1.807) is 15.4 Å². The van der Waals surface area contributed by atoms with Crippen LogP contribution in [0.5, 0.6) is 0 Å². The van der Waals surface area contributed by atoms with Gasteiger partial charge < -0.3 is 11.1 Å². The summed E-state index contributed by atoms with van der Waals surface area (Å²) in [6.45, 7) is 8.07. The molecular weight excluding hydrogens is 314 g/mol. The van der Waals surface area contributed by atoms with E-state index < -0.39 is 0 Å². The highest BCUT2D eigenvalue weighted by molar-refractivity contribution is 5.81. The van der Waals surface area contributed by atoms with Gasteiger partial charge in [0, 0.05) is 42.4 Å². The van der Waals surface area contributed by atoms with Gasteiger partial charge in [0.1, 0.15) is 5.82 Å². The second-order valence-corrected chi connectivity index (χ2v) is 6.78. The first kappa shape index (κ1) is 15.8. The predicted molar refractivity (Wildman–Crippen MR) is 99.2 cm³/mol. The molecule has 0 aliphatic carbocycles. The Kier molecular flexibility index (Phi) is 3.80. The van der Waals surface area contributed by atoms with E-state index >= 15 is 0 Å². The fourth-order valence-electron chi connectivity index (χ4n) is 3.61. The number of allylic oxidation sites excluding steroid dienone is 1. The summed E-state index contributed by atoms with van der Waals surface area (Å²) in [5.74, 6) is 0.942. The number of aryl methyl sites for hydroxylation is 1. The number of hydrogen-bond acceptors (Lipinski definition) is 5.